The molecule has 4 nitrogen and oxygen atoms in total. The highest BCUT2D eigenvalue weighted by Gasteiger charge is 2.28. The predicted molar refractivity (Wildman–Crippen MR) is 86.9 cm³/mol. The molecular formula is C17H18ClN3O. The Morgan fingerprint density at radius 2 is 2.09 bits per heavy atom. The van der Waals surface area contributed by atoms with Crippen molar-refractivity contribution in [2.75, 3.05) is 18.0 Å². The third-order valence-corrected chi connectivity index (χ3v) is 4.01. The number of halogens is 1. The molecule has 0 unspecified atom stereocenters. The summed E-state index contributed by atoms with van der Waals surface area (Å²) < 4.78 is 5.92. The zero-order valence-corrected chi connectivity index (χ0v) is 13.3. The molecule has 0 aliphatic heterocycles. The molecule has 1 aromatic heterocycles. The summed E-state index contributed by atoms with van der Waals surface area (Å²) in [7, 11) is 0. The summed E-state index contributed by atoms with van der Waals surface area (Å²) in [6.45, 7) is 3.95. The van der Waals surface area contributed by atoms with E-state index in [2.05, 4.69) is 22.9 Å². The van der Waals surface area contributed by atoms with Gasteiger partial charge < -0.3 is 9.32 Å². The number of nitrogens with zero attached hydrogens (tertiary/aromatic N) is 3. The largest absolute Gasteiger partial charge is 0.419 e. The Balaban J connectivity index is 1.92. The molecule has 1 fully saturated rings. The van der Waals surface area contributed by atoms with Crippen molar-refractivity contribution in [3.63, 3.8) is 0 Å². The Hall–Kier alpha value is -1.99. The normalized spacial score (nSPS) is 13.9. The summed E-state index contributed by atoms with van der Waals surface area (Å²) in [5, 5.41) is 10.0. The van der Waals surface area contributed by atoms with Gasteiger partial charge in [-0.1, -0.05) is 18.5 Å². The summed E-state index contributed by atoms with van der Waals surface area (Å²) >= 11 is 5.91. The summed E-state index contributed by atoms with van der Waals surface area (Å²) in [5.41, 5.74) is 1.19. The van der Waals surface area contributed by atoms with Gasteiger partial charge in [-0.25, -0.2) is 0 Å². The van der Waals surface area contributed by atoms with Gasteiger partial charge in [0.15, 0.2) is 0 Å². The van der Waals surface area contributed by atoms with Gasteiger partial charge in [0, 0.05) is 23.7 Å². The molecule has 5 heteroatoms. The van der Waals surface area contributed by atoms with Crippen molar-refractivity contribution in [3.05, 3.63) is 35.0 Å². The Bertz CT molecular complexity index is 683. The number of rotatable bonds is 6. The second-order valence-corrected chi connectivity index (χ2v) is 6.12. The lowest BCUT2D eigenvalue weighted by molar-refractivity contribution is 0.539. The van der Waals surface area contributed by atoms with Crippen LogP contribution >= 0.6 is 11.6 Å². The van der Waals surface area contributed by atoms with Gasteiger partial charge in [-0.3, -0.25) is 0 Å². The van der Waals surface area contributed by atoms with E-state index in [1.807, 2.05) is 12.1 Å². The van der Waals surface area contributed by atoms with Crippen LogP contribution in [-0.4, -0.2) is 18.1 Å². The van der Waals surface area contributed by atoms with E-state index in [0.717, 1.165) is 31.0 Å². The minimum absolute atomic E-state index is 0.360. The molecule has 1 heterocycles. The average Bonchev–Trinajstić information content (AvgIpc) is 3.24. The van der Waals surface area contributed by atoms with Crippen LogP contribution in [0.25, 0.3) is 11.5 Å². The van der Waals surface area contributed by atoms with Crippen LogP contribution < -0.4 is 4.90 Å². The van der Waals surface area contributed by atoms with Crippen LogP contribution in [0.1, 0.15) is 31.9 Å². The Labute approximate surface area is 135 Å². The molecule has 0 spiro atoms. The first-order valence-electron chi connectivity index (χ1n) is 7.63. The van der Waals surface area contributed by atoms with Gasteiger partial charge in [-0.05, 0) is 49.4 Å². The molecular weight excluding hydrogens is 298 g/mol. The van der Waals surface area contributed by atoms with Crippen LogP contribution in [0.2, 0.25) is 5.02 Å². The monoisotopic (exact) mass is 315 g/mol. The molecule has 0 saturated heterocycles. The molecule has 1 saturated carbocycles. The maximum absolute atomic E-state index is 9.37. The molecule has 2 aromatic rings. The molecule has 22 heavy (non-hydrogen) atoms. The summed E-state index contributed by atoms with van der Waals surface area (Å²) in [4.78, 5) is 6.50. The SMILES string of the molecule is CCCN(CC1CC1)c1oc(-c2ccc(Cl)cc2)nc1C#N. The van der Waals surface area contributed by atoms with Gasteiger partial charge in [0.05, 0.1) is 0 Å². The molecule has 0 amide bonds. The van der Waals surface area contributed by atoms with Crippen molar-refractivity contribution < 1.29 is 4.42 Å². The van der Waals surface area contributed by atoms with Crippen LogP contribution in [0.4, 0.5) is 5.88 Å². The van der Waals surface area contributed by atoms with Crippen LogP contribution in [0.5, 0.6) is 0 Å². The molecule has 0 N–H and O–H groups in total. The summed E-state index contributed by atoms with van der Waals surface area (Å²) in [5.74, 6) is 1.79. The number of nitriles is 1. The lowest BCUT2D eigenvalue weighted by Crippen LogP contribution is -2.26. The van der Waals surface area contributed by atoms with E-state index in [0.29, 0.717) is 22.5 Å². The highest BCUT2D eigenvalue weighted by molar-refractivity contribution is 6.30. The third-order valence-electron chi connectivity index (χ3n) is 3.76. The van der Waals surface area contributed by atoms with Crippen molar-refractivity contribution in [2.45, 2.75) is 26.2 Å². The van der Waals surface area contributed by atoms with E-state index in [1.54, 1.807) is 12.1 Å². The van der Waals surface area contributed by atoms with Crippen molar-refractivity contribution in [2.24, 2.45) is 5.92 Å². The zero-order chi connectivity index (χ0) is 15.5. The smallest absolute Gasteiger partial charge is 0.235 e. The highest BCUT2D eigenvalue weighted by Crippen LogP contribution is 2.34. The molecule has 0 bridgehead atoms. The van der Waals surface area contributed by atoms with Crippen LogP contribution in [0.3, 0.4) is 0 Å². The second kappa shape index (κ2) is 6.41. The van der Waals surface area contributed by atoms with E-state index in [9.17, 15) is 5.26 Å². The fourth-order valence-electron chi connectivity index (χ4n) is 2.47. The van der Waals surface area contributed by atoms with Crippen molar-refractivity contribution in [1.82, 2.24) is 4.98 Å². The van der Waals surface area contributed by atoms with Crippen molar-refractivity contribution in [1.29, 1.82) is 5.26 Å². The number of hydrogen-bond acceptors (Lipinski definition) is 4. The number of aromatic nitrogens is 1. The van der Waals surface area contributed by atoms with E-state index < -0.39 is 0 Å². The van der Waals surface area contributed by atoms with Crippen LogP contribution in [0.15, 0.2) is 28.7 Å². The van der Waals surface area contributed by atoms with Crippen molar-refractivity contribution in [3.8, 4) is 17.5 Å². The second-order valence-electron chi connectivity index (χ2n) is 5.68. The molecule has 3 rings (SSSR count). The first-order valence-corrected chi connectivity index (χ1v) is 8.01. The third kappa shape index (κ3) is 3.26. The summed E-state index contributed by atoms with van der Waals surface area (Å²) in [6, 6.07) is 9.44. The molecule has 1 aliphatic rings. The predicted octanol–water partition coefficient (Wildman–Crippen LogP) is 4.49. The van der Waals surface area contributed by atoms with E-state index in [-0.39, 0.29) is 0 Å². The molecule has 114 valence electrons. The van der Waals surface area contributed by atoms with Gasteiger partial charge >= 0.3 is 0 Å². The van der Waals surface area contributed by atoms with E-state index in [4.69, 9.17) is 16.0 Å². The lowest BCUT2D eigenvalue weighted by atomic mass is 10.2. The topological polar surface area (TPSA) is 53.1 Å². The number of hydrogen-bond donors (Lipinski definition) is 0. The minimum Gasteiger partial charge on any atom is -0.419 e. The maximum atomic E-state index is 9.37. The fraction of sp³-hybridized carbons (Fsp3) is 0.412. The standard InChI is InChI=1S/C17H18ClN3O/c1-2-9-21(11-12-3-4-12)17-15(10-19)20-16(22-17)13-5-7-14(18)8-6-13/h5-8,12H,2-4,9,11H2,1H3. The van der Waals surface area contributed by atoms with Crippen LogP contribution in [0, 0.1) is 17.2 Å². The van der Waals surface area contributed by atoms with Gasteiger partial charge in [-0.15, -0.1) is 0 Å². The first-order chi connectivity index (χ1) is 10.7. The van der Waals surface area contributed by atoms with Gasteiger partial charge in [-0.2, -0.15) is 10.2 Å². The molecule has 1 aromatic carbocycles. The molecule has 0 atom stereocenters. The van der Waals surface area contributed by atoms with E-state index in [1.165, 1.54) is 12.8 Å². The van der Waals surface area contributed by atoms with Gasteiger partial charge in [0.2, 0.25) is 17.5 Å². The molecule has 1 aliphatic carbocycles. The average molecular weight is 316 g/mol. The van der Waals surface area contributed by atoms with E-state index >= 15 is 0 Å². The quantitative estimate of drug-likeness (QED) is 0.788. The number of oxazole rings is 1. The molecule has 0 radical (unpaired) electrons. The lowest BCUT2D eigenvalue weighted by Gasteiger charge is -2.20. The van der Waals surface area contributed by atoms with Crippen LogP contribution in [-0.2, 0) is 0 Å². The minimum atomic E-state index is 0.360. The maximum Gasteiger partial charge on any atom is 0.235 e. The Morgan fingerprint density at radius 3 is 2.68 bits per heavy atom. The van der Waals surface area contributed by atoms with Gasteiger partial charge in [0.1, 0.15) is 6.07 Å². The van der Waals surface area contributed by atoms with Gasteiger partial charge in [0.25, 0.3) is 0 Å². The Morgan fingerprint density at radius 1 is 1.36 bits per heavy atom. The first kappa shape index (κ1) is 14.9. The zero-order valence-electron chi connectivity index (χ0n) is 12.6. The fourth-order valence-corrected chi connectivity index (χ4v) is 2.60. The Kier molecular flexibility index (Phi) is 4.35. The number of anilines is 1. The summed E-state index contributed by atoms with van der Waals surface area (Å²) in [6.07, 6.45) is 3.54. The highest BCUT2D eigenvalue weighted by atomic mass is 35.5. The number of benzene rings is 1. The van der Waals surface area contributed by atoms with Crippen molar-refractivity contribution >= 4 is 17.5 Å².